The smallest absolute Gasteiger partial charge is 0.336 e. The van der Waals surface area contributed by atoms with E-state index in [0.717, 1.165) is 0 Å². The highest BCUT2D eigenvalue weighted by atomic mass is 79.9. The van der Waals surface area contributed by atoms with E-state index in [1.54, 1.807) is 0 Å². The number of Topliss-reactive ketones (excluding diaryl/α,β-unsaturated/α-hetero) is 1. The van der Waals surface area contributed by atoms with Crippen LogP contribution in [0.15, 0.2) is 0 Å². The standard InChI is InChI=1S/C9H11BrF3NO2/c10-5-6(15)8(3-1-2-4-8)14-7(16)9(11,12)13/h1-5H2,(H,14,16). The topological polar surface area (TPSA) is 46.2 Å². The maximum atomic E-state index is 12.1. The summed E-state index contributed by atoms with van der Waals surface area (Å²) in [6.07, 6.45) is -3.09. The Morgan fingerprint density at radius 2 is 1.75 bits per heavy atom. The van der Waals surface area contributed by atoms with E-state index in [4.69, 9.17) is 0 Å². The first-order valence-corrected chi connectivity index (χ1v) is 5.92. The molecule has 1 fully saturated rings. The molecule has 16 heavy (non-hydrogen) atoms. The van der Waals surface area contributed by atoms with E-state index >= 15 is 0 Å². The summed E-state index contributed by atoms with van der Waals surface area (Å²) in [6, 6.07) is 0. The van der Waals surface area contributed by atoms with Gasteiger partial charge in [0, 0.05) is 0 Å². The van der Waals surface area contributed by atoms with Crippen LogP contribution in [0.4, 0.5) is 13.2 Å². The van der Waals surface area contributed by atoms with Gasteiger partial charge < -0.3 is 5.32 Å². The highest BCUT2D eigenvalue weighted by Crippen LogP contribution is 2.32. The lowest BCUT2D eigenvalue weighted by molar-refractivity contribution is -0.176. The van der Waals surface area contributed by atoms with E-state index in [-0.39, 0.29) is 18.2 Å². The fraction of sp³-hybridized carbons (Fsp3) is 0.778. The predicted octanol–water partition coefficient (Wildman–Crippen LogP) is 1.94. The van der Waals surface area contributed by atoms with Gasteiger partial charge in [-0.2, -0.15) is 13.2 Å². The molecular weight excluding hydrogens is 291 g/mol. The molecule has 0 radical (unpaired) electrons. The summed E-state index contributed by atoms with van der Waals surface area (Å²) in [5.74, 6) is -2.44. The van der Waals surface area contributed by atoms with Gasteiger partial charge >= 0.3 is 12.1 Å². The largest absolute Gasteiger partial charge is 0.471 e. The summed E-state index contributed by atoms with van der Waals surface area (Å²) in [6.45, 7) is 0. The number of carbonyl (C=O) groups excluding carboxylic acids is 2. The Morgan fingerprint density at radius 1 is 1.25 bits per heavy atom. The van der Waals surface area contributed by atoms with Crippen molar-refractivity contribution in [1.82, 2.24) is 5.32 Å². The lowest BCUT2D eigenvalue weighted by Gasteiger charge is -2.28. The normalized spacial score (nSPS) is 19.5. The Labute approximate surface area is 98.9 Å². The van der Waals surface area contributed by atoms with Crippen LogP contribution in [-0.2, 0) is 9.59 Å². The van der Waals surface area contributed by atoms with E-state index in [1.807, 2.05) is 5.32 Å². The Balaban J connectivity index is 2.81. The molecule has 7 heteroatoms. The molecule has 0 aromatic rings. The van der Waals surface area contributed by atoms with Crippen molar-refractivity contribution in [3.05, 3.63) is 0 Å². The summed E-state index contributed by atoms with van der Waals surface area (Å²) in [5.41, 5.74) is -1.32. The molecule has 1 rings (SSSR count). The van der Waals surface area contributed by atoms with Crippen LogP contribution in [0.3, 0.4) is 0 Å². The minimum absolute atomic E-state index is 0.0505. The van der Waals surface area contributed by atoms with Crippen LogP contribution in [0.2, 0.25) is 0 Å². The SMILES string of the molecule is O=C(NC1(C(=O)CBr)CCCC1)C(F)(F)F. The van der Waals surface area contributed by atoms with Crippen molar-refractivity contribution in [2.24, 2.45) is 0 Å². The lowest BCUT2D eigenvalue weighted by atomic mass is 9.93. The predicted molar refractivity (Wildman–Crippen MR) is 54.2 cm³/mol. The van der Waals surface area contributed by atoms with Crippen molar-refractivity contribution in [3.8, 4) is 0 Å². The minimum atomic E-state index is -4.94. The number of rotatable bonds is 3. The fourth-order valence-corrected chi connectivity index (χ4v) is 2.40. The summed E-state index contributed by atoms with van der Waals surface area (Å²) >= 11 is 2.92. The summed E-state index contributed by atoms with van der Waals surface area (Å²) in [4.78, 5) is 22.4. The van der Waals surface area contributed by atoms with Crippen LogP contribution in [0.5, 0.6) is 0 Å². The summed E-state index contributed by atoms with van der Waals surface area (Å²) in [5, 5.41) is 1.79. The Hall–Kier alpha value is -0.590. The number of ketones is 1. The van der Waals surface area contributed by atoms with Gasteiger partial charge in [0.05, 0.1) is 10.9 Å². The van der Waals surface area contributed by atoms with Crippen LogP contribution < -0.4 is 5.32 Å². The highest BCUT2D eigenvalue weighted by Gasteiger charge is 2.47. The van der Waals surface area contributed by atoms with Crippen LogP contribution in [0.25, 0.3) is 0 Å². The first-order chi connectivity index (χ1) is 7.32. The molecule has 0 saturated heterocycles. The second-order valence-electron chi connectivity index (χ2n) is 3.80. The molecule has 1 N–H and O–H groups in total. The number of amides is 1. The first kappa shape index (κ1) is 13.5. The van der Waals surface area contributed by atoms with Crippen LogP contribution in [-0.4, -0.2) is 28.7 Å². The molecule has 1 aliphatic carbocycles. The molecule has 0 atom stereocenters. The van der Waals surface area contributed by atoms with Crippen molar-refractivity contribution in [3.63, 3.8) is 0 Å². The second kappa shape index (κ2) is 4.73. The van der Waals surface area contributed by atoms with Crippen molar-refractivity contribution >= 4 is 27.6 Å². The van der Waals surface area contributed by atoms with E-state index in [2.05, 4.69) is 15.9 Å². The van der Waals surface area contributed by atoms with Crippen molar-refractivity contribution in [2.45, 2.75) is 37.4 Å². The average molecular weight is 302 g/mol. The molecule has 1 amide bonds. The molecule has 0 aromatic carbocycles. The zero-order valence-electron chi connectivity index (χ0n) is 8.36. The van der Waals surface area contributed by atoms with Gasteiger partial charge in [0.1, 0.15) is 0 Å². The van der Waals surface area contributed by atoms with Gasteiger partial charge in [0.15, 0.2) is 5.78 Å². The van der Waals surface area contributed by atoms with Gasteiger partial charge in [-0.25, -0.2) is 0 Å². The van der Waals surface area contributed by atoms with Gasteiger partial charge in [-0.05, 0) is 12.8 Å². The molecule has 1 aliphatic rings. The summed E-state index contributed by atoms with van der Waals surface area (Å²) in [7, 11) is 0. The van der Waals surface area contributed by atoms with Gasteiger partial charge in [-0.1, -0.05) is 28.8 Å². The molecule has 0 bridgehead atoms. The number of alkyl halides is 4. The Bertz CT molecular complexity index is 298. The number of carbonyl (C=O) groups is 2. The molecule has 0 unspecified atom stereocenters. The first-order valence-electron chi connectivity index (χ1n) is 4.80. The maximum absolute atomic E-state index is 12.1. The van der Waals surface area contributed by atoms with Gasteiger partial charge in [0.2, 0.25) is 0 Å². The van der Waals surface area contributed by atoms with Gasteiger partial charge in [-0.3, -0.25) is 9.59 Å². The monoisotopic (exact) mass is 301 g/mol. The molecular formula is C9H11BrF3NO2. The molecule has 3 nitrogen and oxygen atoms in total. The third kappa shape index (κ3) is 2.75. The quantitative estimate of drug-likeness (QED) is 0.810. The third-order valence-corrected chi connectivity index (χ3v) is 3.23. The van der Waals surface area contributed by atoms with Crippen molar-refractivity contribution in [1.29, 1.82) is 0 Å². The molecule has 0 aliphatic heterocycles. The zero-order chi connectivity index (χ0) is 12.4. The van der Waals surface area contributed by atoms with E-state index in [9.17, 15) is 22.8 Å². The Morgan fingerprint density at radius 3 is 2.12 bits per heavy atom. The Kier molecular flexibility index (Phi) is 3.98. The van der Waals surface area contributed by atoms with Crippen LogP contribution in [0.1, 0.15) is 25.7 Å². The highest BCUT2D eigenvalue weighted by molar-refractivity contribution is 9.09. The molecule has 92 valence electrons. The molecule has 0 aromatic heterocycles. The second-order valence-corrected chi connectivity index (χ2v) is 4.36. The maximum Gasteiger partial charge on any atom is 0.471 e. The van der Waals surface area contributed by atoms with Crippen molar-refractivity contribution in [2.75, 3.05) is 5.33 Å². The molecule has 1 saturated carbocycles. The lowest BCUT2D eigenvalue weighted by Crippen LogP contribution is -2.56. The number of hydrogen-bond donors (Lipinski definition) is 1. The number of halogens is 4. The number of nitrogens with one attached hydrogen (secondary N) is 1. The number of hydrogen-bond acceptors (Lipinski definition) is 2. The molecule has 0 spiro atoms. The van der Waals surface area contributed by atoms with E-state index in [0.29, 0.717) is 12.8 Å². The van der Waals surface area contributed by atoms with Crippen LogP contribution in [0, 0.1) is 0 Å². The third-order valence-electron chi connectivity index (χ3n) is 2.72. The minimum Gasteiger partial charge on any atom is -0.336 e. The van der Waals surface area contributed by atoms with Gasteiger partial charge in [0.25, 0.3) is 0 Å². The zero-order valence-corrected chi connectivity index (χ0v) is 9.95. The van der Waals surface area contributed by atoms with Gasteiger partial charge in [-0.15, -0.1) is 0 Å². The summed E-state index contributed by atoms with van der Waals surface area (Å²) < 4.78 is 36.3. The van der Waals surface area contributed by atoms with E-state index in [1.165, 1.54) is 0 Å². The van der Waals surface area contributed by atoms with Crippen LogP contribution >= 0.6 is 15.9 Å². The van der Waals surface area contributed by atoms with Crippen molar-refractivity contribution < 1.29 is 22.8 Å². The molecule has 0 heterocycles. The average Bonchev–Trinajstić information content (AvgIpc) is 2.65. The fourth-order valence-electron chi connectivity index (χ4n) is 1.87. The van der Waals surface area contributed by atoms with E-state index < -0.39 is 23.4 Å².